The van der Waals surface area contributed by atoms with Crippen LogP contribution >= 0.6 is 0 Å². The quantitative estimate of drug-likeness (QED) is 0.393. The molecule has 1 unspecified atom stereocenters. The Bertz CT molecular complexity index is 1290. The van der Waals surface area contributed by atoms with Crippen molar-refractivity contribution in [1.29, 1.82) is 0 Å². The van der Waals surface area contributed by atoms with Gasteiger partial charge in [0.05, 0.1) is 5.56 Å². The van der Waals surface area contributed by atoms with Crippen LogP contribution in [0.15, 0.2) is 54.7 Å². The number of benzene rings is 2. The maximum absolute atomic E-state index is 13.0. The molecule has 2 saturated heterocycles. The molecule has 1 atom stereocenters. The lowest BCUT2D eigenvalue weighted by molar-refractivity contribution is -0.147. The van der Waals surface area contributed by atoms with Gasteiger partial charge in [-0.1, -0.05) is 24.3 Å². The van der Waals surface area contributed by atoms with Crippen molar-refractivity contribution in [3.63, 3.8) is 0 Å². The van der Waals surface area contributed by atoms with E-state index in [1.807, 2.05) is 12.1 Å². The smallest absolute Gasteiger partial charge is 0.416 e. The number of hydrogen-bond acceptors (Lipinski definition) is 3. The van der Waals surface area contributed by atoms with Gasteiger partial charge in [-0.05, 0) is 80.4 Å². The van der Waals surface area contributed by atoms with Crippen LogP contribution < -0.4 is 5.32 Å². The van der Waals surface area contributed by atoms with Gasteiger partial charge in [0.2, 0.25) is 0 Å². The van der Waals surface area contributed by atoms with E-state index in [1.54, 1.807) is 4.90 Å². The molecule has 10 heteroatoms. The molecule has 0 radical (unpaired) electrons. The van der Waals surface area contributed by atoms with Crippen LogP contribution in [0.4, 0.5) is 23.7 Å². The monoisotopic (exact) mass is 528 g/mol. The van der Waals surface area contributed by atoms with Gasteiger partial charge in [-0.3, -0.25) is 9.69 Å². The van der Waals surface area contributed by atoms with E-state index in [0.717, 1.165) is 30.5 Å². The molecule has 38 heavy (non-hydrogen) atoms. The summed E-state index contributed by atoms with van der Waals surface area (Å²) in [6.07, 6.45) is 0.382. The van der Waals surface area contributed by atoms with Crippen molar-refractivity contribution in [2.24, 2.45) is 5.92 Å². The molecule has 0 spiro atoms. The average Bonchev–Trinajstić information content (AvgIpc) is 3.33. The third-order valence-electron chi connectivity index (χ3n) is 7.95. The van der Waals surface area contributed by atoms with Crippen LogP contribution in [0.3, 0.4) is 0 Å². The number of likely N-dealkylation sites (tertiary alicyclic amines) is 2. The van der Waals surface area contributed by atoms with Crippen LogP contribution in [-0.2, 0) is 11.0 Å². The molecule has 2 aliphatic heterocycles. The van der Waals surface area contributed by atoms with Gasteiger partial charge in [0.25, 0.3) is 0 Å². The predicted octanol–water partition coefficient (Wildman–Crippen LogP) is 5.76. The zero-order chi connectivity index (χ0) is 26.9. The van der Waals surface area contributed by atoms with Crippen molar-refractivity contribution in [2.45, 2.75) is 43.8 Å². The number of aromatic amines is 1. The fraction of sp³-hybridized carbons (Fsp3) is 0.429. The Morgan fingerprint density at radius 2 is 1.68 bits per heavy atom. The Morgan fingerprint density at radius 1 is 0.974 bits per heavy atom. The normalized spacial score (nSPS) is 19.0. The van der Waals surface area contributed by atoms with Crippen LogP contribution in [0.25, 0.3) is 10.9 Å². The highest BCUT2D eigenvalue weighted by Gasteiger charge is 2.38. The van der Waals surface area contributed by atoms with Gasteiger partial charge in [-0.15, -0.1) is 0 Å². The lowest BCUT2D eigenvalue weighted by Gasteiger charge is -2.41. The van der Waals surface area contributed by atoms with Gasteiger partial charge in [-0.2, -0.15) is 13.2 Å². The van der Waals surface area contributed by atoms with E-state index < -0.39 is 29.8 Å². The number of rotatable bonds is 5. The molecule has 3 aromatic rings. The second-order valence-corrected chi connectivity index (χ2v) is 10.2. The molecule has 1 aromatic heterocycles. The first-order valence-electron chi connectivity index (χ1n) is 13.0. The number of carboxylic acid groups (broad SMARTS) is 1. The summed E-state index contributed by atoms with van der Waals surface area (Å²) < 4.78 is 38.9. The number of halogens is 3. The third kappa shape index (κ3) is 5.50. The molecule has 3 N–H and O–H groups in total. The summed E-state index contributed by atoms with van der Waals surface area (Å²) in [5, 5.41) is 13.9. The molecule has 2 fully saturated rings. The number of amides is 2. The summed E-state index contributed by atoms with van der Waals surface area (Å²) in [5.41, 5.74) is 1.64. The summed E-state index contributed by atoms with van der Waals surface area (Å²) in [7, 11) is 0. The maximum Gasteiger partial charge on any atom is 0.416 e. The summed E-state index contributed by atoms with van der Waals surface area (Å²) in [6.45, 7) is 2.09. The number of H-pyrrole nitrogens is 1. The molecule has 3 heterocycles. The summed E-state index contributed by atoms with van der Waals surface area (Å²) in [4.78, 5) is 31.9. The number of aromatic nitrogens is 1. The number of anilines is 1. The Balaban J connectivity index is 1.16. The SMILES string of the molecule is O=C(O)C(C1CCN(C(=O)Nc2cccc(C(F)(F)F)c2)CC1)N1CCC(c2c[nH]c3ccccc23)CC1. The van der Waals surface area contributed by atoms with E-state index in [2.05, 4.69) is 33.5 Å². The fourth-order valence-corrected chi connectivity index (χ4v) is 5.97. The first kappa shape index (κ1) is 26.1. The molecule has 0 aliphatic carbocycles. The molecule has 2 aliphatic rings. The Morgan fingerprint density at radius 3 is 2.37 bits per heavy atom. The minimum Gasteiger partial charge on any atom is -0.480 e. The van der Waals surface area contributed by atoms with Crippen LogP contribution in [-0.4, -0.2) is 64.1 Å². The Hall–Kier alpha value is -3.53. The van der Waals surface area contributed by atoms with Crippen molar-refractivity contribution in [3.05, 3.63) is 65.9 Å². The Labute approximate surface area is 218 Å². The van der Waals surface area contributed by atoms with E-state index in [0.29, 0.717) is 44.9 Å². The number of nitrogens with one attached hydrogen (secondary N) is 2. The van der Waals surface area contributed by atoms with E-state index in [9.17, 15) is 27.9 Å². The Kier molecular flexibility index (Phi) is 7.34. The minimum absolute atomic E-state index is 0.0773. The van der Waals surface area contributed by atoms with Crippen LogP contribution in [0.5, 0.6) is 0 Å². The number of piperidine rings is 2. The van der Waals surface area contributed by atoms with Crippen LogP contribution in [0.2, 0.25) is 0 Å². The lowest BCUT2D eigenvalue weighted by Crippen LogP contribution is -2.52. The largest absolute Gasteiger partial charge is 0.480 e. The first-order valence-corrected chi connectivity index (χ1v) is 13.0. The number of carbonyl (C=O) groups excluding carboxylic acids is 1. The highest BCUT2D eigenvalue weighted by atomic mass is 19.4. The number of aliphatic carboxylic acids is 1. The van der Waals surface area contributed by atoms with Gasteiger partial charge < -0.3 is 20.3 Å². The first-order chi connectivity index (χ1) is 18.2. The van der Waals surface area contributed by atoms with Gasteiger partial charge >= 0.3 is 18.2 Å². The molecule has 0 saturated carbocycles. The van der Waals surface area contributed by atoms with Gasteiger partial charge in [0, 0.05) is 35.9 Å². The van der Waals surface area contributed by atoms with Crippen molar-refractivity contribution >= 4 is 28.6 Å². The molecule has 2 aromatic carbocycles. The van der Waals surface area contributed by atoms with Crippen molar-refractivity contribution in [2.75, 3.05) is 31.5 Å². The summed E-state index contributed by atoms with van der Waals surface area (Å²) >= 11 is 0. The summed E-state index contributed by atoms with van der Waals surface area (Å²) in [6, 6.07) is 11.6. The van der Waals surface area contributed by atoms with Crippen molar-refractivity contribution in [1.82, 2.24) is 14.8 Å². The fourth-order valence-electron chi connectivity index (χ4n) is 5.97. The zero-order valence-electron chi connectivity index (χ0n) is 20.9. The van der Waals surface area contributed by atoms with Gasteiger partial charge in [0.1, 0.15) is 6.04 Å². The van der Waals surface area contributed by atoms with E-state index in [1.165, 1.54) is 23.1 Å². The number of urea groups is 1. The topological polar surface area (TPSA) is 88.7 Å². The number of fused-ring (bicyclic) bond motifs is 1. The number of hydrogen-bond donors (Lipinski definition) is 3. The summed E-state index contributed by atoms with van der Waals surface area (Å²) in [5.74, 6) is -0.574. The number of nitrogens with zero attached hydrogens (tertiary/aromatic N) is 2. The van der Waals surface area contributed by atoms with Crippen LogP contribution in [0, 0.1) is 5.92 Å². The molecule has 5 rings (SSSR count). The molecule has 0 bridgehead atoms. The standard InChI is InChI=1S/C28H31F3N4O3/c29-28(30,31)20-4-3-5-21(16-20)33-27(38)35-14-10-19(11-15-35)25(26(36)37)34-12-8-18(9-13-34)23-17-32-24-7-2-1-6-22(23)24/h1-7,16-19,25,32H,8-15H2,(H,33,38)(H,36,37). The van der Waals surface area contributed by atoms with E-state index >= 15 is 0 Å². The highest BCUT2D eigenvalue weighted by Crippen LogP contribution is 2.36. The second-order valence-electron chi connectivity index (χ2n) is 10.2. The molecular weight excluding hydrogens is 497 g/mol. The predicted molar refractivity (Wildman–Crippen MR) is 138 cm³/mol. The molecule has 7 nitrogen and oxygen atoms in total. The number of carbonyl (C=O) groups is 2. The minimum atomic E-state index is -4.49. The van der Waals surface area contributed by atoms with E-state index in [-0.39, 0.29) is 11.6 Å². The number of alkyl halides is 3. The lowest BCUT2D eigenvalue weighted by atomic mass is 9.84. The average molecular weight is 529 g/mol. The van der Waals surface area contributed by atoms with Crippen molar-refractivity contribution < 1.29 is 27.9 Å². The van der Waals surface area contributed by atoms with Crippen molar-refractivity contribution in [3.8, 4) is 0 Å². The van der Waals surface area contributed by atoms with Gasteiger partial charge in [0.15, 0.2) is 0 Å². The molecule has 2 amide bonds. The molecule has 202 valence electrons. The second kappa shape index (κ2) is 10.7. The molecular formula is C28H31F3N4O3. The zero-order valence-corrected chi connectivity index (χ0v) is 20.9. The highest BCUT2D eigenvalue weighted by molar-refractivity contribution is 5.89. The number of carboxylic acids is 1. The third-order valence-corrected chi connectivity index (χ3v) is 7.95. The number of para-hydroxylation sites is 1. The van der Waals surface area contributed by atoms with Gasteiger partial charge in [-0.25, -0.2) is 4.79 Å². The van der Waals surface area contributed by atoms with E-state index in [4.69, 9.17) is 0 Å². The van der Waals surface area contributed by atoms with Crippen LogP contribution in [0.1, 0.15) is 42.7 Å². The maximum atomic E-state index is 13.0.